The van der Waals surface area contributed by atoms with Crippen molar-refractivity contribution in [1.29, 1.82) is 0 Å². The van der Waals surface area contributed by atoms with E-state index in [4.69, 9.17) is 14.2 Å². The van der Waals surface area contributed by atoms with Crippen LogP contribution in [0.5, 0.6) is 0 Å². The van der Waals surface area contributed by atoms with Crippen LogP contribution in [0.4, 0.5) is 0 Å². The van der Waals surface area contributed by atoms with Crippen LogP contribution >= 0.6 is 0 Å². The number of esters is 1. The Morgan fingerprint density at radius 1 is 0.527 bits per heavy atom. The van der Waals surface area contributed by atoms with Crippen molar-refractivity contribution in [2.45, 2.75) is 307 Å². The molecule has 430 valence electrons. The molecule has 0 saturated carbocycles. The van der Waals surface area contributed by atoms with Crippen molar-refractivity contribution >= 4 is 11.9 Å². The first-order valence-corrected chi connectivity index (χ1v) is 30.5. The normalized spacial score (nSPS) is 19.3. The number of aliphatic hydroxyl groups is 5. The summed E-state index contributed by atoms with van der Waals surface area (Å²) in [6.07, 6.45) is 57.9. The van der Waals surface area contributed by atoms with E-state index in [1.54, 1.807) is 6.08 Å². The van der Waals surface area contributed by atoms with Crippen LogP contribution in [0.1, 0.15) is 264 Å². The highest BCUT2D eigenvalue weighted by Gasteiger charge is 2.44. The van der Waals surface area contributed by atoms with Gasteiger partial charge in [-0.15, -0.1) is 0 Å². The van der Waals surface area contributed by atoms with E-state index in [0.717, 1.165) is 89.9 Å². The standard InChI is InChI=1S/C63H113NO10/c1-3-5-7-9-11-13-14-15-28-31-35-39-43-47-51-59(68)72-52-48-44-40-36-32-29-26-24-22-20-18-16-17-19-21-23-25-27-30-34-38-42-46-50-58(67)64-55(56(66)49-45-41-37-33-12-10-8-6-4-2)54-73-63-62(71)61(70)60(69)57(53-65)74-63/h4,6,12,16,18-19,21,33,45,49,55-57,60-63,65-66,69-71H,3,5,7-11,13-15,17,20,22-32,34-44,46-48,50-54H2,1-2H3,(H,64,67)/b6-4+,18-16-,21-19-,33-12+,49-45+. The summed E-state index contributed by atoms with van der Waals surface area (Å²) in [7, 11) is 0. The molecular formula is C63H113NO10. The number of hydrogen-bond acceptors (Lipinski definition) is 10. The lowest BCUT2D eigenvalue weighted by Gasteiger charge is -2.40. The number of ether oxygens (including phenoxy) is 3. The Balaban J connectivity index is 2.02. The zero-order valence-corrected chi connectivity index (χ0v) is 47.3. The lowest BCUT2D eigenvalue weighted by molar-refractivity contribution is -0.302. The molecule has 11 nitrogen and oxygen atoms in total. The Morgan fingerprint density at radius 2 is 0.973 bits per heavy atom. The van der Waals surface area contributed by atoms with Crippen LogP contribution in [0.25, 0.3) is 0 Å². The summed E-state index contributed by atoms with van der Waals surface area (Å²) in [5, 5.41) is 54.1. The summed E-state index contributed by atoms with van der Waals surface area (Å²) in [4.78, 5) is 25.0. The Bertz CT molecular complexity index is 1410. The lowest BCUT2D eigenvalue weighted by Crippen LogP contribution is -2.60. The molecule has 0 aromatic rings. The molecule has 74 heavy (non-hydrogen) atoms. The van der Waals surface area contributed by atoms with E-state index in [-0.39, 0.29) is 18.5 Å². The topological polar surface area (TPSA) is 175 Å². The first-order valence-electron chi connectivity index (χ1n) is 30.5. The molecule has 1 saturated heterocycles. The highest BCUT2D eigenvalue weighted by atomic mass is 16.7. The van der Waals surface area contributed by atoms with Crippen LogP contribution in [0.3, 0.4) is 0 Å². The number of aliphatic hydroxyl groups excluding tert-OH is 5. The highest BCUT2D eigenvalue weighted by molar-refractivity contribution is 5.76. The second-order valence-corrected chi connectivity index (χ2v) is 21.0. The summed E-state index contributed by atoms with van der Waals surface area (Å²) >= 11 is 0. The van der Waals surface area contributed by atoms with E-state index >= 15 is 0 Å². The highest BCUT2D eigenvalue weighted by Crippen LogP contribution is 2.23. The molecule has 0 bridgehead atoms. The minimum atomic E-state index is -1.58. The average molecular weight is 1040 g/mol. The molecule has 0 aliphatic carbocycles. The fourth-order valence-electron chi connectivity index (χ4n) is 9.33. The smallest absolute Gasteiger partial charge is 0.305 e. The molecule has 1 heterocycles. The van der Waals surface area contributed by atoms with Crippen LogP contribution in [-0.2, 0) is 23.8 Å². The SMILES string of the molecule is C/C=C/CC/C=C/CC/C=C/C(O)C(COC1OC(CO)C(O)C(O)C1O)NC(=O)CCCCCCCCC/C=C\C/C=C\CCCCCCCCCCCOC(=O)CCCCCCCCCCCCCCCC. The number of hydrogen-bond donors (Lipinski definition) is 6. The van der Waals surface area contributed by atoms with Crippen LogP contribution in [-0.4, -0.2) is 100 Å². The Morgan fingerprint density at radius 3 is 1.49 bits per heavy atom. The van der Waals surface area contributed by atoms with E-state index in [0.29, 0.717) is 25.9 Å². The van der Waals surface area contributed by atoms with Crippen molar-refractivity contribution in [2.75, 3.05) is 19.8 Å². The molecule has 1 rings (SSSR count). The maximum absolute atomic E-state index is 13.0. The molecule has 0 radical (unpaired) electrons. The summed E-state index contributed by atoms with van der Waals surface area (Å²) in [6.45, 7) is 4.08. The van der Waals surface area contributed by atoms with Gasteiger partial charge >= 0.3 is 5.97 Å². The molecule has 1 amide bonds. The van der Waals surface area contributed by atoms with Gasteiger partial charge in [0.2, 0.25) is 5.91 Å². The fraction of sp³-hybridized carbons (Fsp3) is 0.810. The third-order valence-corrected chi connectivity index (χ3v) is 14.2. The minimum Gasteiger partial charge on any atom is -0.466 e. The summed E-state index contributed by atoms with van der Waals surface area (Å²) < 4.78 is 16.6. The van der Waals surface area contributed by atoms with Gasteiger partial charge in [-0.3, -0.25) is 9.59 Å². The monoisotopic (exact) mass is 1040 g/mol. The first-order chi connectivity index (χ1) is 36.2. The lowest BCUT2D eigenvalue weighted by atomic mass is 9.99. The third kappa shape index (κ3) is 41.5. The Kier molecular flexibility index (Phi) is 49.1. The van der Waals surface area contributed by atoms with E-state index in [9.17, 15) is 35.1 Å². The van der Waals surface area contributed by atoms with Gasteiger partial charge in [-0.25, -0.2) is 0 Å². The van der Waals surface area contributed by atoms with Crippen LogP contribution in [0.2, 0.25) is 0 Å². The van der Waals surface area contributed by atoms with E-state index in [1.165, 1.54) is 141 Å². The molecule has 6 N–H and O–H groups in total. The molecule has 1 aliphatic rings. The molecule has 0 aromatic heterocycles. The summed E-state index contributed by atoms with van der Waals surface area (Å²) in [5.41, 5.74) is 0. The van der Waals surface area contributed by atoms with Gasteiger partial charge in [0.1, 0.15) is 24.4 Å². The largest absolute Gasteiger partial charge is 0.466 e. The van der Waals surface area contributed by atoms with E-state index in [2.05, 4.69) is 54.8 Å². The number of rotatable bonds is 52. The van der Waals surface area contributed by atoms with Crippen molar-refractivity contribution in [3.8, 4) is 0 Å². The van der Waals surface area contributed by atoms with Crippen molar-refractivity contribution in [1.82, 2.24) is 5.32 Å². The van der Waals surface area contributed by atoms with Gasteiger partial charge in [-0.1, -0.05) is 228 Å². The predicted molar refractivity (Wildman–Crippen MR) is 306 cm³/mol. The van der Waals surface area contributed by atoms with Crippen molar-refractivity contribution in [2.24, 2.45) is 0 Å². The minimum absolute atomic E-state index is 0.00401. The van der Waals surface area contributed by atoms with Gasteiger partial charge in [0.05, 0.1) is 32.0 Å². The molecule has 11 heteroatoms. The fourth-order valence-corrected chi connectivity index (χ4v) is 9.33. The summed E-state index contributed by atoms with van der Waals surface area (Å²) in [5.74, 6) is -0.215. The van der Waals surface area contributed by atoms with Crippen LogP contribution in [0.15, 0.2) is 60.8 Å². The molecule has 1 aliphatic heterocycles. The second kappa shape index (κ2) is 52.4. The Labute approximate surface area is 452 Å². The maximum Gasteiger partial charge on any atom is 0.305 e. The van der Waals surface area contributed by atoms with Gasteiger partial charge in [-0.05, 0) is 84.0 Å². The van der Waals surface area contributed by atoms with Gasteiger partial charge < -0.3 is 45.1 Å². The van der Waals surface area contributed by atoms with Crippen LogP contribution < -0.4 is 5.32 Å². The van der Waals surface area contributed by atoms with Gasteiger partial charge in [0, 0.05) is 12.8 Å². The van der Waals surface area contributed by atoms with Crippen LogP contribution in [0, 0.1) is 0 Å². The second-order valence-electron chi connectivity index (χ2n) is 21.0. The molecule has 7 atom stereocenters. The zero-order valence-electron chi connectivity index (χ0n) is 47.3. The quantitative estimate of drug-likeness (QED) is 0.0195. The predicted octanol–water partition coefficient (Wildman–Crippen LogP) is 14.2. The number of amides is 1. The third-order valence-electron chi connectivity index (χ3n) is 14.2. The molecular weight excluding hydrogens is 931 g/mol. The molecule has 7 unspecified atom stereocenters. The van der Waals surface area contributed by atoms with E-state index in [1.807, 2.05) is 19.1 Å². The van der Waals surface area contributed by atoms with Gasteiger partial charge in [-0.2, -0.15) is 0 Å². The number of unbranched alkanes of at least 4 members (excludes halogenated alkanes) is 31. The number of nitrogens with one attached hydrogen (secondary N) is 1. The molecule has 0 spiro atoms. The van der Waals surface area contributed by atoms with Crippen molar-refractivity contribution in [3.05, 3.63) is 60.8 Å². The number of allylic oxidation sites excluding steroid dienone is 9. The van der Waals surface area contributed by atoms with Gasteiger partial charge in [0.25, 0.3) is 0 Å². The number of carbonyl (C=O) groups is 2. The molecule has 0 aromatic carbocycles. The average Bonchev–Trinajstić information content (AvgIpc) is 3.40. The van der Waals surface area contributed by atoms with E-state index < -0.39 is 49.5 Å². The maximum atomic E-state index is 13.0. The number of carbonyl (C=O) groups excluding carboxylic acids is 2. The summed E-state index contributed by atoms with van der Waals surface area (Å²) in [6, 6.07) is -0.842. The molecule has 1 fully saturated rings. The van der Waals surface area contributed by atoms with Crippen molar-refractivity contribution < 1.29 is 49.3 Å². The van der Waals surface area contributed by atoms with Gasteiger partial charge in [0.15, 0.2) is 6.29 Å². The van der Waals surface area contributed by atoms with Crippen molar-refractivity contribution in [3.63, 3.8) is 0 Å². The first kappa shape index (κ1) is 69.4. The zero-order chi connectivity index (χ0) is 53.8. The Hall–Kier alpha value is -2.64.